The number of benzene rings is 2. The molecule has 0 fully saturated rings. The first kappa shape index (κ1) is 19.2. The van der Waals surface area contributed by atoms with Gasteiger partial charge in [0, 0.05) is 28.6 Å². The summed E-state index contributed by atoms with van der Waals surface area (Å²) < 4.78 is 10.3. The van der Waals surface area contributed by atoms with Gasteiger partial charge < -0.3 is 19.6 Å². The van der Waals surface area contributed by atoms with Gasteiger partial charge in [0.05, 0.1) is 0 Å². The highest BCUT2D eigenvalue weighted by atomic mass is 16.5. The molecule has 1 atom stereocenters. The average Bonchev–Trinajstić information content (AvgIpc) is 2.65. The maximum Gasteiger partial charge on any atom is 0.336 e. The first-order valence-corrected chi connectivity index (χ1v) is 8.63. The van der Waals surface area contributed by atoms with Crippen LogP contribution in [0, 0.1) is 6.92 Å². The molecule has 0 saturated carbocycles. The molecule has 0 aliphatic carbocycles. The van der Waals surface area contributed by atoms with Crippen LogP contribution in [0.15, 0.2) is 57.7 Å². The van der Waals surface area contributed by atoms with E-state index in [0.29, 0.717) is 16.5 Å². The summed E-state index contributed by atoms with van der Waals surface area (Å²) >= 11 is 0. The molecule has 0 unspecified atom stereocenters. The molecule has 2 N–H and O–H groups in total. The molecule has 1 amide bonds. The van der Waals surface area contributed by atoms with E-state index in [9.17, 15) is 19.5 Å². The third-order valence-corrected chi connectivity index (χ3v) is 4.17. The van der Waals surface area contributed by atoms with Crippen LogP contribution in [0.1, 0.15) is 28.4 Å². The zero-order chi connectivity index (χ0) is 20.3. The van der Waals surface area contributed by atoms with Gasteiger partial charge in [0.15, 0.2) is 0 Å². The standard InChI is InChI=1S/C21H19NO6/c1-12-4-3-5-14(8-12)20(25)22-13(2)21(26)27-11-15-9-19(24)28-18-10-16(23)6-7-17(15)18/h3-10,13,23H,11H2,1-2H3,(H,22,25)/t13-/m1/s1. The quantitative estimate of drug-likeness (QED) is 0.520. The van der Waals surface area contributed by atoms with E-state index in [4.69, 9.17) is 9.15 Å². The molecule has 0 aliphatic rings. The Morgan fingerprint density at radius 1 is 1.18 bits per heavy atom. The third-order valence-electron chi connectivity index (χ3n) is 4.17. The number of fused-ring (bicyclic) bond motifs is 1. The zero-order valence-electron chi connectivity index (χ0n) is 15.4. The molecule has 0 saturated heterocycles. The number of amides is 1. The highest BCUT2D eigenvalue weighted by molar-refractivity contribution is 5.96. The molecule has 1 heterocycles. The number of esters is 1. The highest BCUT2D eigenvalue weighted by Crippen LogP contribution is 2.22. The molecule has 0 bridgehead atoms. The Bertz CT molecular complexity index is 1100. The van der Waals surface area contributed by atoms with Gasteiger partial charge in [-0.1, -0.05) is 17.7 Å². The highest BCUT2D eigenvalue weighted by Gasteiger charge is 2.19. The molecule has 0 radical (unpaired) electrons. The number of aryl methyl sites for hydroxylation is 1. The number of carbonyl (C=O) groups excluding carboxylic acids is 2. The first-order chi connectivity index (χ1) is 13.3. The number of nitrogens with one attached hydrogen (secondary N) is 1. The normalized spacial score (nSPS) is 11.8. The molecule has 3 rings (SSSR count). The van der Waals surface area contributed by atoms with Crippen molar-refractivity contribution in [2.45, 2.75) is 26.5 Å². The van der Waals surface area contributed by atoms with Crippen LogP contribution in [0.3, 0.4) is 0 Å². The van der Waals surface area contributed by atoms with Crippen LogP contribution in [0.5, 0.6) is 5.75 Å². The minimum absolute atomic E-state index is 0.0442. The van der Waals surface area contributed by atoms with Crippen LogP contribution in [-0.4, -0.2) is 23.0 Å². The molecule has 144 valence electrons. The van der Waals surface area contributed by atoms with E-state index in [1.165, 1.54) is 25.1 Å². The van der Waals surface area contributed by atoms with Gasteiger partial charge in [0.1, 0.15) is 24.0 Å². The van der Waals surface area contributed by atoms with Gasteiger partial charge in [0.25, 0.3) is 5.91 Å². The summed E-state index contributed by atoms with van der Waals surface area (Å²) in [5, 5.41) is 12.6. The summed E-state index contributed by atoms with van der Waals surface area (Å²) in [6.45, 7) is 3.22. The monoisotopic (exact) mass is 381 g/mol. The second-order valence-electron chi connectivity index (χ2n) is 6.44. The Morgan fingerprint density at radius 2 is 1.96 bits per heavy atom. The van der Waals surface area contributed by atoms with Crippen LogP contribution >= 0.6 is 0 Å². The molecule has 3 aromatic rings. The van der Waals surface area contributed by atoms with Crippen molar-refractivity contribution in [3.05, 3.63) is 75.6 Å². The van der Waals surface area contributed by atoms with Crippen molar-refractivity contribution in [3.63, 3.8) is 0 Å². The Hall–Kier alpha value is -3.61. The fraction of sp³-hybridized carbons (Fsp3) is 0.190. The van der Waals surface area contributed by atoms with E-state index in [2.05, 4.69) is 5.32 Å². The summed E-state index contributed by atoms with van der Waals surface area (Å²) in [5.41, 5.74) is 1.40. The van der Waals surface area contributed by atoms with E-state index in [1.54, 1.807) is 24.3 Å². The van der Waals surface area contributed by atoms with Gasteiger partial charge in [-0.2, -0.15) is 0 Å². The molecule has 0 aliphatic heterocycles. The van der Waals surface area contributed by atoms with Gasteiger partial charge in [-0.25, -0.2) is 9.59 Å². The fourth-order valence-corrected chi connectivity index (χ4v) is 2.74. The zero-order valence-corrected chi connectivity index (χ0v) is 15.4. The Balaban J connectivity index is 1.67. The van der Waals surface area contributed by atoms with Gasteiger partial charge in [-0.3, -0.25) is 4.79 Å². The van der Waals surface area contributed by atoms with Crippen LogP contribution in [-0.2, 0) is 16.1 Å². The lowest BCUT2D eigenvalue weighted by Gasteiger charge is -2.14. The molecule has 2 aromatic carbocycles. The van der Waals surface area contributed by atoms with Crippen molar-refractivity contribution >= 4 is 22.8 Å². The fourth-order valence-electron chi connectivity index (χ4n) is 2.74. The van der Waals surface area contributed by atoms with Crippen LogP contribution < -0.4 is 10.9 Å². The number of rotatable bonds is 5. The predicted octanol–water partition coefficient (Wildman–Crippen LogP) is 2.67. The first-order valence-electron chi connectivity index (χ1n) is 8.63. The number of phenolic OH excluding ortho intramolecular Hbond substituents is 1. The molecule has 7 nitrogen and oxygen atoms in total. The predicted molar refractivity (Wildman–Crippen MR) is 102 cm³/mol. The minimum atomic E-state index is -0.872. The van der Waals surface area contributed by atoms with E-state index in [0.717, 1.165) is 5.56 Å². The number of hydrogen-bond acceptors (Lipinski definition) is 6. The molecule has 1 aromatic heterocycles. The Morgan fingerprint density at radius 3 is 2.71 bits per heavy atom. The molecular formula is C21H19NO6. The average molecular weight is 381 g/mol. The summed E-state index contributed by atoms with van der Waals surface area (Å²) in [6, 6.07) is 11.7. The van der Waals surface area contributed by atoms with E-state index < -0.39 is 17.6 Å². The van der Waals surface area contributed by atoms with Crippen molar-refractivity contribution in [3.8, 4) is 5.75 Å². The van der Waals surface area contributed by atoms with Crippen molar-refractivity contribution in [2.24, 2.45) is 0 Å². The molecule has 7 heteroatoms. The maximum atomic E-state index is 12.2. The summed E-state index contributed by atoms with van der Waals surface area (Å²) in [4.78, 5) is 36.2. The molecule has 0 spiro atoms. The lowest BCUT2D eigenvalue weighted by atomic mass is 10.1. The number of ether oxygens (including phenoxy) is 1. The van der Waals surface area contributed by atoms with E-state index >= 15 is 0 Å². The van der Waals surface area contributed by atoms with E-state index in [1.807, 2.05) is 13.0 Å². The number of aromatic hydroxyl groups is 1. The largest absolute Gasteiger partial charge is 0.508 e. The second kappa shape index (κ2) is 7.96. The lowest BCUT2D eigenvalue weighted by Crippen LogP contribution is -2.39. The van der Waals surface area contributed by atoms with Crippen LogP contribution in [0.25, 0.3) is 11.0 Å². The Kier molecular flexibility index (Phi) is 5.44. The summed E-state index contributed by atoms with van der Waals surface area (Å²) in [6.07, 6.45) is 0. The topological polar surface area (TPSA) is 106 Å². The minimum Gasteiger partial charge on any atom is -0.508 e. The van der Waals surface area contributed by atoms with Crippen molar-refractivity contribution in [2.75, 3.05) is 0 Å². The van der Waals surface area contributed by atoms with Crippen LogP contribution in [0.4, 0.5) is 0 Å². The summed E-state index contributed by atoms with van der Waals surface area (Å²) in [7, 11) is 0. The second-order valence-corrected chi connectivity index (χ2v) is 6.44. The van der Waals surface area contributed by atoms with Gasteiger partial charge in [-0.15, -0.1) is 0 Å². The number of phenols is 1. The van der Waals surface area contributed by atoms with Gasteiger partial charge in [0.2, 0.25) is 0 Å². The van der Waals surface area contributed by atoms with Gasteiger partial charge >= 0.3 is 11.6 Å². The van der Waals surface area contributed by atoms with Crippen molar-refractivity contribution in [1.29, 1.82) is 0 Å². The van der Waals surface area contributed by atoms with Crippen LogP contribution in [0.2, 0.25) is 0 Å². The van der Waals surface area contributed by atoms with Crippen molar-refractivity contribution in [1.82, 2.24) is 5.32 Å². The van der Waals surface area contributed by atoms with Crippen molar-refractivity contribution < 1.29 is 23.8 Å². The number of carbonyl (C=O) groups is 2. The SMILES string of the molecule is Cc1cccc(C(=O)N[C@H](C)C(=O)OCc2cc(=O)oc3cc(O)ccc23)c1. The lowest BCUT2D eigenvalue weighted by molar-refractivity contribution is -0.146. The third kappa shape index (κ3) is 4.37. The maximum absolute atomic E-state index is 12.2. The molecule has 28 heavy (non-hydrogen) atoms. The number of hydrogen-bond donors (Lipinski definition) is 2. The summed E-state index contributed by atoms with van der Waals surface area (Å²) in [5.74, 6) is -1.06. The smallest absolute Gasteiger partial charge is 0.336 e. The Labute approximate surface area is 160 Å². The van der Waals surface area contributed by atoms with E-state index in [-0.39, 0.29) is 23.8 Å². The molecular weight excluding hydrogens is 362 g/mol. The van der Waals surface area contributed by atoms with Gasteiger partial charge in [-0.05, 0) is 38.1 Å².